The third kappa shape index (κ3) is 2.06. The highest BCUT2D eigenvalue weighted by Crippen LogP contribution is 2.33. The Morgan fingerprint density at radius 3 is 2.71 bits per heavy atom. The summed E-state index contributed by atoms with van der Waals surface area (Å²) in [6.07, 6.45) is 7.04. The van der Waals surface area contributed by atoms with Gasteiger partial charge in [-0.2, -0.15) is 0 Å². The summed E-state index contributed by atoms with van der Waals surface area (Å²) in [4.78, 5) is 29.8. The van der Waals surface area contributed by atoms with Crippen molar-refractivity contribution in [2.24, 2.45) is 5.41 Å². The molecule has 1 heterocycles. The van der Waals surface area contributed by atoms with Gasteiger partial charge in [0.05, 0.1) is 18.6 Å². The second kappa shape index (κ2) is 4.40. The summed E-state index contributed by atoms with van der Waals surface area (Å²) in [5, 5.41) is 11.8. The second-order valence-electron chi connectivity index (χ2n) is 4.03. The van der Waals surface area contributed by atoms with E-state index in [1.54, 1.807) is 18.3 Å². The number of carboxylic acid groups (broad SMARTS) is 1. The number of rotatable bonds is 4. The van der Waals surface area contributed by atoms with Gasteiger partial charge in [-0.05, 0) is 12.8 Å². The Morgan fingerprint density at radius 2 is 2.18 bits per heavy atom. The lowest BCUT2D eigenvalue weighted by molar-refractivity contribution is -0.155. The minimum absolute atomic E-state index is 0.247. The van der Waals surface area contributed by atoms with Gasteiger partial charge in [-0.1, -0.05) is 12.2 Å². The molecule has 0 saturated carbocycles. The molecule has 90 valence electrons. The van der Waals surface area contributed by atoms with Crippen molar-refractivity contribution in [1.82, 2.24) is 15.3 Å². The number of carboxylic acids is 1. The van der Waals surface area contributed by atoms with Crippen LogP contribution in [0.1, 0.15) is 18.5 Å². The highest BCUT2D eigenvalue weighted by molar-refractivity contribution is 6.02. The van der Waals surface area contributed by atoms with Crippen molar-refractivity contribution in [1.29, 1.82) is 0 Å². The maximum atomic E-state index is 11.9. The van der Waals surface area contributed by atoms with Crippen molar-refractivity contribution >= 4 is 11.9 Å². The number of imidazole rings is 1. The van der Waals surface area contributed by atoms with Gasteiger partial charge in [0.1, 0.15) is 0 Å². The van der Waals surface area contributed by atoms with E-state index in [2.05, 4.69) is 15.3 Å². The maximum Gasteiger partial charge on any atom is 0.319 e. The van der Waals surface area contributed by atoms with Crippen molar-refractivity contribution in [3.05, 3.63) is 30.4 Å². The Labute approximate surface area is 97.8 Å². The van der Waals surface area contributed by atoms with Gasteiger partial charge in [0.2, 0.25) is 5.91 Å². The third-order valence-corrected chi connectivity index (χ3v) is 2.94. The Hall–Kier alpha value is -2.11. The van der Waals surface area contributed by atoms with Crippen LogP contribution < -0.4 is 5.32 Å². The topological polar surface area (TPSA) is 95.1 Å². The van der Waals surface area contributed by atoms with Crippen LogP contribution in [0.4, 0.5) is 0 Å². The van der Waals surface area contributed by atoms with E-state index in [4.69, 9.17) is 0 Å². The number of hydrogen-bond donors (Lipinski definition) is 3. The molecule has 17 heavy (non-hydrogen) atoms. The largest absolute Gasteiger partial charge is 0.480 e. The van der Waals surface area contributed by atoms with Crippen LogP contribution in [-0.4, -0.2) is 27.0 Å². The van der Waals surface area contributed by atoms with Gasteiger partial charge in [0.25, 0.3) is 0 Å². The first kappa shape index (κ1) is 11.4. The van der Waals surface area contributed by atoms with Crippen LogP contribution in [0.25, 0.3) is 0 Å². The van der Waals surface area contributed by atoms with E-state index in [1.165, 1.54) is 6.33 Å². The molecule has 1 aliphatic carbocycles. The first-order chi connectivity index (χ1) is 8.15. The van der Waals surface area contributed by atoms with Gasteiger partial charge >= 0.3 is 5.97 Å². The summed E-state index contributed by atoms with van der Waals surface area (Å²) < 4.78 is 0. The SMILES string of the molecule is O=C(O)C1(C(=O)NCc2cnc[nH]2)CC=CC1. The summed E-state index contributed by atoms with van der Waals surface area (Å²) in [5.74, 6) is -1.53. The molecule has 0 bridgehead atoms. The number of amides is 1. The number of carbonyl (C=O) groups excluding carboxylic acids is 1. The van der Waals surface area contributed by atoms with E-state index >= 15 is 0 Å². The summed E-state index contributed by atoms with van der Waals surface area (Å²) in [6, 6.07) is 0. The van der Waals surface area contributed by atoms with E-state index in [0.29, 0.717) is 0 Å². The van der Waals surface area contributed by atoms with Gasteiger partial charge in [0, 0.05) is 6.20 Å². The van der Waals surface area contributed by atoms with E-state index in [9.17, 15) is 14.7 Å². The molecule has 6 nitrogen and oxygen atoms in total. The molecule has 0 saturated heterocycles. The lowest BCUT2D eigenvalue weighted by atomic mass is 9.84. The van der Waals surface area contributed by atoms with Gasteiger partial charge in [-0.15, -0.1) is 0 Å². The number of carbonyl (C=O) groups is 2. The fourth-order valence-corrected chi connectivity index (χ4v) is 1.84. The number of allylic oxidation sites excluding steroid dienone is 2. The molecule has 1 aromatic rings. The monoisotopic (exact) mass is 235 g/mol. The van der Waals surface area contributed by atoms with Crippen LogP contribution >= 0.6 is 0 Å². The molecule has 0 aromatic carbocycles. The van der Waals surface area contributed by atoms with Crippen molar-refractivity contribution in [2.75, 3.05) is 0 Å². The average molecular weight is 235 g/mol. The first-order valence-electron chi connectivity index (χ1n) is 5.29. The third-order valence-electron chi connectivity index (χ3n) is 2.94. The number of hydrogen-bond acceptors (Lipinski definition) is 3. The Morgan fingerprint density at radius 1 is 1.47 bits per heavy atom. The van der Waals surface area contributed by atoms with E-state index in [0.717, 1.165) is 5.69 Å². The van der Waals surface area contributed by atoms with E-state index in [-0.39, 0.29) is 19.4 Å². The van der Waals surface area contributed by atoms with E-state index < -0.39 is 17.3 Å². The Kier molecular flexibility index (Phi) is 2.95. The molecule has 0 spiro atoms. The number of aromatic nitrogens is 2. The molecule has 3 N–H and O–H groups in total. The van der Waals surface area contributed by atoms with Crippen molar-refractivity contribution in [3.63, 3.8) is 0 Å². The molecule has 2 rings (SSSR count). The van der Waals surface area contributed by atoms with Gasteiger partial charge in [-0.3, -0.25) is 9.59 Å². The zero-order valence-electron chi connectivity index (χ0n) is 9.14. The quantitative estimate of drug-likeness (QED) is 0.521. The number of aliphatic carboxylic acids is 1. The smallest absolute Gasteiger partial charge is 0.319 e. The lowest BCUT2D eigenvalue weighted by Crippen LogP contribution is -2.44. The van der Waals surface area contributed by atoms with Gasteiger partial charge in [0.15, 0.2) is 5.41 Å². The molecular formula is C11H13N3O3. The zero-order valence-corrected chi connectivity index (χ0v) is 9.14. The molecule has 1 amide bonds. The second-order valence-corrected chi connectivity index (χ2v) is 4.03. The van der Waals surface area contributed by atoms with Crippen LogP contribution in [-0.2, 0) is 16.1 Å². The van der Waals surface area contributed by atoms with Crippen LogP contribution in [0.3, 0.4) is 0 Å². The van der Waals surface area contributed by atoms with Crippen molar-refractivity contribution in [3.8, 4) is 0 Å². The summed E-state index contributed by atoms with van der Waals surface area (Å²) in [7, 11) is 0. The van der Waals surface area contributed by atoms with Crippen molar-refractivity contribution in [2.45, 2.75) is 19.4 Å². The summed E-state index contributed by atoms with van der Waals surface area (Å²) >= 11 is 0. The van der Waals surface area contributed by atoms with Crippen molar-refractivity contribution < 1.29 is 14.7 Å². The van der Waals surface area contributed by atoms with Crippen LogP contribution in [0, 0.1) is 5.41 Å². The number of nitrogens with zero attached hydrogens (tertiary/aromatic N) is 1. The van der Waals surface area contributed by atoms with E-state index in [1.807, 2.05) is 0 Å². The molecule has 1 aromatic heterocycles. The highest BCUT2D eigenvalue weighted by Gasteiger charge is 2.46. The number of H-pyrrole nitrogens is 1. The lowest BCUT2D eigenvalue weighted by Gasteiger charge is -2.22. The average Bonchev–Trinajstić information content (AvgIpc) is 2.97. The molecule has 0 unspecified atom stereocenters. The molecule has 6 heteroatoms. The normalized spacial score (nSPS) is 16.9. The minimum atomic E-state index is -1.33. The Bertz CT molecular complexity index is 443. The number of nitrogens with one attached hydrogen (secondary N) is 2. The zero-order chi connectivity index (χ0) is 12.3. The Balaban J connectivity index is 2.01. The highest BCUT2D eigenvalue weighted by atomic mass is 16.4. The fourth-order valence-electron chi connectivity index (χ4n) is 1.84. The molecule has 1 aliphatic rings. The van der Waals surface area contributed by atoms with Gasteiger partial charge in [-0.25, -0.2) is 4.98 Å². The number of aromatic amines is 1. The first-order valence-corrected chi connectivity index (χ1v) is 5.29. The van der Waals surface area contributed by atoms with Crippen LogP contribution in [0.15, 0.2) is 24.7 Å². The van der Waals surface area contributed by atoms with Crippen LogP contribution in [0.5, 0.6) is 0 Å². The van der Waals surface area contributed by atoms with Crippen LogP contribution in [0.2, 0.25) is 0 Å². The standard InChI is InChI=1S/C11H13N3O3/c15-9(13-6-8-5-12-7-14-8)11(10(16)17)3-1-2-4-11/h1-2,5,7H,3-4,6H2,(H,12,14)(H,13,15)(H,16,17). The molecule has 0 aliphatic heterocycles. The fraction of sp³-hybridized carbons (Fsp3) is 0.364. The summed E-state index contributed by atoms with van der Waals surface area (Å²) in [5.41, 5.74) is -0.593. The minimum Gasteiger partial charge on any atom is -0.480 e. The molecule has 0 atom stereocenters. The predicted molar refractivity (Wildman–Crippen MR) is 58.9 cm³/mol. The molecular weight excluding hydrogens is 222 g/mol. The van der Waals surface area contributed by atoms with Gasteiger partial charge < -0.3 is 15.4 Å². The maximum absolute atomic E-state index is 11.9. The predicted octanol–water partition coefficient (Wildman–Crippen LogP) is 0.447. The molecule has 0 radical (unpaired) electrons. The molecule has 0 fully saturated rings. The summed E-state index contributed by atoms with van der Waals surface area (Å²) in [6.45, 7) is 0.258.